The number of hydrogen-bond donors (Lipinski definition) is 0. The third-order valence-electron chi connectivity index (χ3n) is 4.66. The molecule has 3 fully saturated rings. The Kier molecular flexibility index (Phi) is 2.83. The summed E-state index contributed by atoms with van der Waals surface area (Å²) in [6.45, 7) is 0. The van der Waals surface area contributed by atoms with Gasteiger partial charge in [0, 0.05) is 12.8 Å². The van der Waals surface area contributed by atoms with Crippen LogP contribution in [0.1, 0.15) is 64.2 Å². The predicted octanol–water partition coefficient (Wildman–Crippen LogP) is 2.70. The number of hydrogen-bond acceptors (Lipinski definition) is 4. The van der Waals surface area contributed by atoms with Crippen LogP contribution in [0.25, 0.3) is 0 Å². The van der Waals surface area contributed by atoms with Crippen molar-refractivity contribution in [1.29, 1.82) is 0 Å². The van der Waals surface area contributed by atoms with E-state index in [2.05, 4.69) is 0 Å². The lowest BCUT2D eigenvalue weighted by molar-refractivity contribution is -0.272. The standard InChI is InChI=1S/C14H20O4/c15-11-13(7-3-1-4-8-13)12(16)18-14(17-11)9-5-2-6-10-14/h1-10H2. The van der Waals surface area contributed by atoms with Gasteiger partial charge in [-0.05, 0) is 25.7 Å². The average Bonchev–Trinajstić information content (AvgIpc) is 2.39. The maximum absolute atomic E-state index is 12.3. The maximum Gasteiger partial charge on any atom is 0.326 e. The van der Waals surface area contributed by atoms with Crippen molar-refractivity contribution in [1.82, 2.24) is 0 Å². The summed E-state index contributed by atoms with van der Waals surface area (Å²) in [5, 5.41) is 0. The molecule has 3 rings (SSSR count). The molecule has 0 aromatic carbocycles. The van der Waals surface area contributed by atoms with Crippen molar-refractivity contribution in [3.8, 4) is 0 Å². The largest absolute Gasteiger partial charge is 0.422 e. The number of carbonyl (C=O) groups excluding carboxylic acids is 2. The van der Waals surface area contributed by atoms with Crippen LogP contribution < -0.4 is 0 Å². The van der Waals surface area contributed by atoms with Gasteiger partial charge in [-0.25, -0.2) is 0 Å². The molecule has 0 N–H and O–H groups in total. The normalized spacial score (nSPS) is 30.0. The zero-order chi connectivity index (χ0) is 12.6. The molecule has 0 aromatic rings. The molecule has 1 heterocycles. The Balaban J connectivity index is 1.82. The van der Waals surface area contributed by atoms with Gasteiger partial charge in [-0.3, -0.25) is 9.59 Å². The summed E-state index contributed by atoms with van der Waals surface area (Å²) in [6.07, 6.45) is 8.51. The Morgan fingerprint density at radius 3 is 1.61 bits per heavy atom. The first kappa shape index (κ1) is 12.0. The van der Waals surface area contributed by atoms with Crippen LogP contribution >= 0.6 is 0 Å². The first-order chi connectivity index (χ1) is 8.67. The van der Waals surface area contributed by atoms with Crippen molar-refractivity contribution in [2.24, 2.45) is 5.41 Å². The Bertz CT molecular complexity index is 340. The highest BCUT2D eigenvalue weighted by Crippen LogP contribution is 2.47. The molecular formula is C14H20O4. The minimum atomic E-state index is -0.971. The Morgan fingerprint density at radius 2 is 1.11 bits per heavy atom. The van der Waals surface area contributed by atoms with Gasteiger partial charge in [-0.2, -0.15) is 0 Å². The van der Waals surface area contributed by atoms with Crippen LogP contribution in [-0.2, 0) is 19.1 Å². The van der Waals surface area contributed by atoms with E-state index >= 15 is 0 Å². The van der Waals surface area contributed by atoms with Crippen LogP contribution in [0.3, 0.4) is 0 Å². The number of rotatable bonds is 0. The van der Waals surface area contributed by atoms with E-state index in [0.29, 0.717) is 25.7 Å². The van der Waals surface area contributed by atoms with Gasteiger partial charge in [-0.1, -0.05) is 25.7 Å². The van der Waals surface area contributed by atoms with Crippen molar-refractivity contribution in [3.05, 3.63) is 0 Å². The van der Waals surface area contributed by atoms with Crippen LogP contribution in [0.15, 0.2) is 0 Å². The highest BCUT2D eigenvalue weighted by atomic mass is 16.7. The van der Waals surface area contributed by atoms with E-state index in [0.717, 1.165) is 38.5 Å². The monoisotopic (exact) mass is 252 g/mol. The number of ether oxygens (including phenoxy) is 2. The summed E-state index contributed by atoms with van der Waals surface area (Å²) >= 11 is 0. The molecule has 2 aliphatic carbocycles. The number of carbonyl (C=O) groups is 2. The highest BCUT2D eigenvalue weighted by molar-refractivity contribution is 6.01. The Labute approximate surface area is 107 Å². The van der Waals surface area contributed by atoms with Crippen molar-refractivity contribution in [3.63, 3.8) is 0 Å². The second-order valence-electron chi connectivity index (χ2n) is 5.89. The molecular weight excluding hydrogens is 232 g/mol. The van der Waals surface area contributed by atoms with Crippen LogP contribution in [-0.4, -0.2) is 17.7 Å². The van der Waals surface area contributed by atoms with Gasteiger partial charge < -0.3 is 9.47 Å². The SMILES string of the molecule is O=C1OC2(CCCCC2)OC(=O)C12CCCCC2. The van der Waals surface area contributed by atoms with Crippen LogP contribution in [0.2, 0.25) is 0 Å². The third kappa shape index (κ3) is 1.73. The van der Waals surface area contributed by atoms with Gasteiger partial charge in [0.15, 0.2) is 5.41 Å². The molecule has 0 unspecified atom stereocenters. The summed E-state index contributed by atoms with van der Waals surface area (Å²) < 4.78 is 11.2. The average molecular weight is 252 g/mol. The second-order valence-corrected chi connectivity index (χ2v) is 5.89. The van der Waals surface area contributed by atoms with Crippen LogP contribution in [0.5, 0.6) is 0 Å². The minimum absolute atomic E-state index is 0.319. The molecule has 3 aliphatic rings. The van der Waals surface area contributed by atoms with Crippen molar-refractivity contribution in [2.75, 3.05) is 0 Å². The van der Waals surface area contributed by atoms with E-state index in [9.17, 15) is 9.59 Å². The topological polar surface area (TPSA) is 52.6 Å². The quantitative estimate of drug-likeness (QED) is 0.491. The third-order valence-corrected chi connectivity index (χ3v) is 4.66. The van der Waals surface area contributed by atoms with E-state index in [1.165, 1.54) is 0 Å². The van der Waals surface area contributed by atoms with Gasteiger partial charge in [0.05, 0.1) is 0 Å². The van der Waals surface area contributed by atoms with Crippen LogP contribution in [0.4, 0.5) is 0 Å². The smallest absolute Gasteiger partial charge is 0.326 e. The molecule has 0 atom stereocenters. The van der Waals surface area contributed by atoms with Gasteiger partial charge in [-0.15, -0.1) is 0 Å². The maximum atomic E-state index is 12.3. The molecule has 2 saturated carbocycles. The van der Waals surface area contributed by atoms with Crippen molar-refractivity contribution < 1.29 is 19.1 Å². The van der Waals surface area contributed by atoms with E-state index in [4.69, 9.17) is 9.47 Å². The van der Waals surface area contributed by atoms with Crippen molar-refractivity contribution in [2.45, 2.75) is 70.0 Å². The van der Waals surface area contributed by atoms with E-state index < -0.39 is 11.2 Å². The summed E-state index contributed by atoms with van der Waals surface area (Å²) in [6, 6.07) is 0. The molecule has 1 aliphatic heterocycles. The molecule has 0 bridgehead atoms. The summed E-state index contributed by atoms with van der Waals surface area (Å²) in [7, 11) is 0. The Morgan fingerprint density at radius 1 is 0.667 bits per heavy atom. The molecule has 18 heavy (non-hydrogen) atoms. The lowest BCUT2D eigenvalue weighted by Crippen LogP contribution is -2.57. The first-order valence-corrected chi connectivity index (χ1v) is 7.14. The fourth-order valence-corrected chi connectivity index (χ4v) is 3.50. The van der Waals surface area contributed by atoms with E-state index in [1.807, 2.05) is 0 Å². The lowest BCUT2D eigenvalue weighted by atomic mass is 9.73. The zero-order valence-electron chi connectivity index (χ0n) is 10.7. The zero-order valence-corrected chi connectivity index (χ0v) is 10.7. The van der Waals surface area contributed by atoms with E-state index in [1.54, 1.807) is 0 Å². The summed E-state index contributed by atoms with van der Waals surface area (Å²) in [5.41, 5.74) is -0.971. The van der Waals surface area contributed by atoms with E-state index in [-0.39, 0.29) is 11.9 Å². The lowest BCUT2D eigenvalue weighted by Gasteiger charge is -2.46. The predicted molar refractivity (Wildman–Crippen MR) is 63.5 cm³/mol. The molecule has 1 saturated heterocycles. The molecule has 0 aromatic heterocycles. The van der Waals surface area contributed by atoms with Crippen molar-refractivity contribution >= 4 is 11.9 Å². The van der Waals surface area contributed by atoms with Crippen LogP contribution in [0, 0.1) is 5.41 Å². The Hall–Kier alpha value is -1.06. The van der Waals surface area contributed by atoms with Gasteiger partial charge >= 0.3 is 11.9 Å². The molecule has 2 spiro atoms. The fraction of sp³-hybridized carbons (Fsp3) is 0.857. The molecule has 4 nitrogen and oxygen atoms in total. The van der Waals surface area contributed by atoms with Gasteiger partial charge in [0.1, 0.15) is 0 Å². The summed E-state index contributed by atoms with van der Waals surface area (Å²) in [4.78, 5) is 24.7. The first-order valence-electron chi connectivity index (χ1n) is 7.14. The summed E-state index contributed by atoms with van der Waals surface area (Å²) in [5.74, 6) is -1.56. The highest BCUT2D eigenvalue weighted by Gasteiger charge is 2.58. The molecule has 0 radical (unpaired) electrons. The second kappa shape index (κ2) is 4.25. The molecule has 0 amide bonds. The van der Waals surface area contributed by atoms with Gasteiger partial charge in [0.25, 0.3) is 5.79 Å². The molecule has 100 valence electrons. The number of esters is 2. The fourth-order valence-electron chi connectivity index (χ4n) is 3.50. The van der Waals surface area contributed by atoms with Gasteiger partial charge in [0.2, 0.25) is 0 Å². The molecule has 4 heteroatoms. The minimum Gasteiger partial charge on any atom is -0.422 e.